The molecule has 1 aliphatic rings. The van der Waals surface area contributed by atoms with Crippen molar-refractivity contribution in [3.05, 3.63) is 29.8 Å². The Morgan fingerprint density at radius 3 is 2.65 bits per heavy atom. The summed E-state index contributed by atoms with van der Waals surface area (Å²) in [6, 6.07) is 7.98. The zero-order valence-corrected chi connectivity index (χ0v) is 10.7. The Bertz CT molecular complexity index is 426. The smallest absolute Gasteiger partial charge is 0.148 e. The molecule has 0 aliphatic carbocycles. The van der Waals surface area contributed by atoms with Crippen molar-refractivity contribution in [2.24, 2.45) is 0 Å². The number of para-hydroxylation sites is 1. The molecule has 1 fully saturated rings. The monoisotopic (exact) mass is 233 g/mol. The SMILES string of the molecule is COc1ccccc1CN1CC(=O)CC1(C)C. The Morgan fingerprint density at radius 2 is 2.06 bits per heavy atom. The number of rotatable bonds is 3. The topological polar surface area (TPSA) is 29.5 Å². The minimum absolute atomic E-state index is 0.0437. The summed E-state index contributed by atoms with van der Waals surface area (Å²) < 4.78 is 5.34. The quantitative estimate of drug-likeness (QED) is 0.802. The summed E-state index contributed by atoms with van der Waals surface area (Å²) in [7, 11) is 1.68. The van der Waals surface area contributed by atoms with E-state index in [1.165, 1.54) is 0 Å². The fraction of sp³-hybridized carbons (Fsp3) is 0.500. The summed E-state index contributed by atoms with van der Waals surface area (Å²) in [5.74, 6) is 1.22. The van der Waals surface area contributed by atoms with Crippen LogP contribution in [0.2, 0.25) is 0 Å². The average Bonchev–Trinajstić information content (AvgIpc) is 2.52. The number of carbonyl (C=O) groups is 1. The van der Waals surface area contributed by atoms with Gasteiger partial charge in [-0.3, -0.25) is 9.69 Å². The third-order valence-corrected chi connectivity index (χ3v) is 3.41. The molecule has 2 rings (SSSR count). The molecule has 0 amide bonds. The molecule has 0 radical (unpaired) electrons. The normalized spacial score (nSPS) is 19.6. The molecule has 1 aromatic rings. The molecule has 1 aliphatic heterocycles. The summed E-state index contributed by atoms with van der Waals surface area (Å²) in [6.07, 6.45) is 0.641. The van der Waals surface area contributed by atoms with E-state index in [1.54, 1.807) is 7.11 Å². The van der Waals surface area contributed by atoms with Crippen LogP contribution in [-0.2, 0) is 11.3 Å². The van der Waals surface area contributed by atoms with Crippen LogP contribution in [0.3, 0.4) is 0 Å². The molecule has 1 saturated heterocycles. The van der Waals surface area contributed by atoms with Gasteiger partial charge >= 0.3 is 0 Å². The van der Waals surface area contributed by atoms with Gasteiger partial charge in [-0.15, -0.1) is 0 Å². The van der Waals surface area contributed by atoms with Gasteiger partial charge in [0.15, 0.2) is 0 Å². The number of ketones is 1. The van der Waals surface area contributed by atoms with Gasteiger partial charge < -0.3 is 4.74 Å². The number of carbonyl (C=O) groups excluding carboxylic acids is 1. The summed E-state index contributed by atoms with van der Waals surface area (Å²) in [6.45, 7) is 5.55. The van der Waals surface area contributed by atoms with Crippen LogP contribution in [0.1, 0.15) is 25.8 Å². The number of hydrogen-bond acceptors (Lipinski definition) is 3. The van der Waals surface area contributed by atoms with E-state index in [0.29, 0.717) is 18.7 Å². The van der Waals surface area contributed by atoms with Crippen molar-refractivity contribution in [3.63, 3.8) is 0 Å². The van der Waals surface area contributed by atoms with Gasteiger partial charge in [-0.05, 0) is 19.9 Å². The van der Waals surface area contributed by atoms with Gasteiger partial charge in [-0.2, -0.15) is 0 Å². The molecule has 0 N–H and O–H groups in total. The zero-order chi connectivity index (χ0) is 12.5. The molecular formula is C14H19NO2. The van der Waals surface area contributed by atoms with E-state index in [9.17, 15) is 4.79 Å². The standard InChI is InChI=1S/C14H19NO2/c1-14(2)8-12(16)10-15(14)9-11-6-4-5-7-13(11)17-3/h4-7H,8-10H2,1-3H3. The maximum atomic E-state index is 11.5. The maximum Gasteiger partial charge on any atom is 0.148 e. The van der Waals surface area contributed by atoms with E-state index >= 15 is 0 Å². The fourth-order valence-electron chi connectivity index (χ4n) is 2.39. The molecule has 1 heterocycles. The Kier molecular flexibility index (Phi) is 3.20. The van der Waals surface area contributed by atoms with Gasteiger partial charge in [0.25, 0.3) is 0 Å². The maximum absolute atomic E-state index is 11.5. The van der Waals surface area contributed by atoms with Crippen LogP contribution in [0.15, 0.2) is 24.3 Å². The van der Waals surface area contributed by atoms with Crippen LogP contribution >= 0.6 is 0 Å². The summed E-state index contributed by atoms with van der Waals surface area (Å²) >= 11 is 0. The number of likely N-dealkylation sites (tertiary alicyclic amines) is 1. The summed E-state index contributed by atoms with van der Waals surface area (Å²) in [5.41, 5.74) is 1.09. The first-order valence-corrected chi connectivity index (χ1v) is 5.91. The van der Waals surface area contributed by atoms with Crippen LogP contribution in [0.25, 0.3) is 0 Å². The third kappa shape index (κ3) is 2.50. The van der Waals surface area contributed by atoms with Gasteiger partial charge in [-0.1, -0.05) is 18.2 Å². The molecule has 92 valence electrons. The molecule has 3 heteroatoms. The first-order chi connectivity index (χ1) is 8.03. The largest absolute Gasteiger partial charge is 0.496 e. The van der Waals surface area contributed by atoms with Gasteiger partial charge in [0.2, 0.25) is 0 Å². The van der Waals surface area contributed by atoms with Gasteiger partial charge in [0, 0.05) is 24.1 Å². The van der Waals surface area contributed by atoms with Gasteiger partial charge in [0.05, 0.1) is 13.7 Å². The second-order valence-corrected chi connectivity index (χ2v) is 5.20. The molecule has 0 atom stereocenters. The average molecular weight is 233 g/mol. The first-order valence-electron chi connectivity index (χ1n) is 5.91. The van der Waals surface area contributed by atoms with Crippen molar-refractivity contribution in [1.29, 1.82) is 0 Å². The molecule has 0 saturated carbocycles. The van der Waals surface area contributed by atoms with E-state index in [0.717, 1.165) is 17.9 Å². The number of ether oxygens (including phenoxy) is 1. The number of nitrogens with zero attached hydrogens (tertiary/aromatic N) is 1. The minimum atomic E-state index is -0.0437. The van der Waals surface area contributed by atoms with E-state index in [4.69, 9.17) is 4.74 Å². The zero-order valence-electron chi connectivity index (χ0n) is 10.7. The van der Waals surface area contributed by atoms with E-state index in [2.05, 4.69) is 24.8 Å². The van der Waals surface area contributed by atoms with E-state index < -0.39 is 0 Å². The molecule has 3 nitrogen and oxygen atoms in total. The minimum Gasteiger partial charge on any atom is -0.496 e. The highest BCUT2D eigenvalue weighted by atomic mass is 16.5. The molecule has 17 heavy (non-hydrogen) atoms. The highest BCUT2D eigenvalue weighted by molar-refractivity contribution is 5.84. The van der Waals surface area contributed by atoms with Crippen LogP contribution in [0.4, 0.5) is 0 Å². The number of methoxy groups -OCH3 is 1. The lowest BCUT2D eigenvalue weighted by molar-refractivity contribution is -0.117. The third-order valence-electron chi connectivity index (χ3n) is 3.41. The van der Waals surface area contributed by atoms with Crippen molar-refractivity contribution < 1.29 is 9.53 Å². The van der Waals surface area contributed by atoms with Crippen molar-refractivity contribution >= 4 is 5.78 Å². The molecule has 0 unspecified atom stereocenters. The predicted octanol–water partition coefficient (Wildman–Crippen LogP) is 2.25. The summed E-state index contributed by atoms with van der Waals surface area (Å²) in [5, 5.41) is 0. The number of benzene rings is 1. The highest BCUT2D eigenvalue weighted by Gasteiger charge is 2.37. The summed E-state index contributed by atoms with van der Waals surface area (Å²) in [4.78, 5) is 13.8. The fourth-order valence-corrected chi connectivity index (χ4v) is 2.39. The second kappa shape index (κ2) is 4.49. The van der Waals surface area contributed by atoms with Crippen LogP contribution in [-0.4, -0.2) is 29.9 Å². The van der Waals surface area contributed by atoms with Crippen molar-refractivity contribution in [3.8, 4) is 5.75 Å². The number of Topliss-reactive ketones (excluding diaryl/α,β-unsaturated/α-hetero) is 1. The van der Waals surface area contributed by atoms with Crippen LogP contribution in [0.5, 0.6) is 5.75 Å². The molecule has 0 aromatic heterocycles. The van der Waals surface area contributed by atoms with Crippen molar-refractivity contribution in [2.75, 3.05) is 13.7 Å². The molecule has 0 spiro atoms. The Balaban J connectivity index is 2.18. The molecule has 0 bridgehead atoms. The van der Waals surface area contributed by atoms with E-state index in [1.807, 2.05) is 18.2 Å². The highest BCUT2D eigenvalue weighted by Crippen LogP contribution is 2.30. The van der Waals surface area contributed by atoms with Crippen LogP contribution in [0, 0.1) is 0 Å². The molecular weight excluding hydrogens is 214 g/mol. The lowest BCUT2D eigenvalue weighted by Gasteiger charge is -2.30. The van der Waals surface area contributed by atoms with Crippen LogP contribution < -0.4 is 4.74 Å². The second-order valence-electron chi connectivity index (χ2n) is 5.20. The molecule has 1 aromatic carbocycles. The first kappa shape index (κ1) is 12.1. The number of hydrogen-bond donors (Lipinski definition) is 0. The Morgan fingerprint density at radius 1 is 1.35 bits per heavy atom. The Hall–Kier alpha value is -1.35. The van der Waals surface area contributed by atoms with E-state index in [-0.39, 0.29) is 5.54 Å². The Labute approximate surface area is 102 Å². The lowest BCUT2D eigenvalue weighted by atomic mass is 10.0. The van der Waals surface area contributed by atoms with Gasteiger partial charge in [0.1, 0.15) is 11.5 Å². The van der Waals surface area contributed by atoms with Crippen molar-refractivity contribution in [1.82, 2.24) is 4.90 Å². The lowest BCUT2D eigenvalue weighted by Crippen LogP contribution is -2.37. The predicted molar refractivity (Wildman–Crippen MR) is 67.1 cm³/mol. The van der Waals surface area contributed by atoms with Crippen molar-refractivity contribution in [2.45, 2.75) is 32.4 Å². The van der Waals surface area contributed by atoms with Gasteiger partial charge in [-0.25, -0.2) is 0 Å².